The Bertz CT molecular complexity index is 571. The predicted molar refractivity (Wildman–Crippen MR) is 71.5 cm³/mol. The average molecular weight is 301 g/mol. The van der Waals surface area contributed by atoms with Gasteiger partial charge in [0.2, 0.25) is 0 Å². The molecular weight excluding hydrogens is 282 g/mol. The van der Waals surface area contributed by atoms with E-state index in [0.29, 0.717) is 6.54 Å². The predicted octanol–water partition coefficient (Wildman–Crippen LogP) is -1.91. The lowest BCUT2D eigenvalue weighted by atomic mass is 10.1. The summed E-state index contributed by atoms with van der Waals surface area (Å²) in [5, 5.41) is 19.5. The molecule has 21 heavy (non-hydrogen) atoms. The number of aliphatic hydroxyl groups excluding tert-OH is 2. The summed E-state index contributed by atoms with van der Waals surface area (Å²) in [7, 11) is 0. The minimum absolute atomic E-state index is 0.371. The van der Waals surface area contributed by atoms with Crippen LogP contribution >= 0.6 is 0 Å². The molecule has 4 atom stereocenters. The van der Waals surface area contributed by atoms with Crippen molar-refractivity contribution in [2.24, 2.45) is 0 Å². The highest BCUT2D eigenvalue weighted by molar-refractivity contribution is 4.93. The first-order chi connectivity index (χ1) is 10.1. The molecule has 0 amide bonds. The third-order valence-electron chi connectivity index (χ3n) is 3.19. The molecule has 9 heteroatoms. The van der Waals surface area contributed by atoms with Crippen LogP contribution in [0.2, 0.25) is 0 Å². The summed E-state index contributed by atoms with van der Waals surface area (Å²) in [4.78, 5) is 30.2. The van der Waals surface area contributed by atoms with Crippen LogP contribution in [-0.4, -0.2) is 51.2 Å². The molecule has 9 nitrogen and oxygen atoms in total. The SMILES string of the molecule is CCCNO[C@H]1[C@@H](O)[C@H](n2ccc(=O)[nH]c2=O)O[C@@H]1CO. The highest BCUT2D eigenvalue weighted by Gasteiger charge is 2.46. The number of hydrogen-bond donors (Lipinski definition) is 4. The van der Waals surface area contributed by atoms with E-state index in [4.69, 9.17) is 9.57 Å². The second-order valence-electron chi connectivity index (χ2n) is 4.73. The van der Waals surface area contributed by atoms with E-state index in [1.165, 1.54) is 6.20 Å². The van der Waals surface area contributed by atoms with E-state index in [-0.39, 0.29) is 6.61 Å². The topological polar surface area (TPSA) is 126 Å². The van der Waals surface area contributed by atoms with Gasteiger partial charge in [0, 0.05) is 18.8 Å². The van der Waals surface area contributed by atoms with Crippen molar-refractivity contribution >= 4 is 0 Å². The van der Waals surface area contributed by atoms with Crippen LogP contribution in [0.25, 0.3) is 0 Å². The number of aliphatic hydroxyl groups is 2. The van der Waals surface area contributed by atoms with Crippen molar-refractivity contribution in [1.82, 2.24) is 15.0 Å². The van der Waals surface area contributed by atoms with Gasteiger partial charge in [-0.1, -0.05) is 6.92 Å². The van der Waals surface area contributed by atoms with Crippen LogP contribution in [-0.2, 0) is 9.57 Å². The Morgan fingerprint density at radius 2 is 2.29 bits per heavy atom. The van der Waals surface area contributed by atoms with Crippen LogP contribution in [0.1, 0.15) is 19.6 Å². The Morgan fingerprint density at radius 1 is 1.52 bits per heavy atom. The molecule has 1 aliphatic heterocycles. The Labute approximate surface area is 120 Å². The highest BCUT2D eigenvalue weighted by atomic mass is 16.7. The monoisotopic (exact) mass is 301 g/mol. The Morgan fingerprint density at radius 3 is 2.90 bits per heavy atom. The minimum atomic E-state index is -1.17. The number of nitrogens with zero attached hydrogens (tertiary/aromatic N) is 1. The number of hydrogen-bond acceptors (Lipinski definition) is 7. The molecule has 0 radical (unpaired) electrons. The van der Waals surface area contributed by atoms with E-state index in [2.05, 4.69) is 10.5 Å². The number of aromatic amines is 1. The van der Waals surface area contributed by atoms with E-state index in [9.17, 15) is 19.8 Å². The zero-order chi connectivity index (χ0) is 15.4. The van der Waals surface area contributed by atoms with E-state index < -0.39 is 35.8 Å². The molecule has 2 heterocycles. The lowest BCUT2D eigenvalue weighted by Crippen LogP contribution is -2.41. The third kappa shape index (κ3) is 3.39. The number of hydroxylamine groups is 1. The largest absolute Gasteiger partial charge is 0.394 e. The molecule has 118 valence electrons. The van der Waals surface area contributed by atoms with Gasteiger partial charge in [0.05, 0.1) is 6.61 Å². The maximum absolute atomic E-state index is 11.7. The molecule has 1 saturated heterocycles. The first-order valence-electron chi connectivity index (χ1n) is 6.72. The lowest BCUT2D eigenvalue weighted by Gasteiger charge is -2.19. The van der Waals surface area contributed by atoms with Gasteiger partial charge in [0.15, 0.2) is 6.23 Å². The van der Waals surface area contributed by atoms with Gasteiger partial charge in [-0.05, 0) is 6.42 Å². The summed E-state index contributed by atoms with van der Waals surface area (Å²) in [5.41, 5.74) is 1.43. The Balaban J connectivity index is 2.18. The van der Waals surface area contributed by atoms with Crippen LogP contribution in [0.4, 0.5) is 0 Å². The molecule has 1 aromatic heterocycles. The Hall–Kier alpha value is -1.52. The van der Waals surface area contributed by atoms with E-state index in [0.717, 1.165) is 17.1 Å². The summed E-state index contributed by atoms with van der Waals surface area (Å²) in [6, 6.07) is 1.15. The molecule has 2 rings (SSSR count). The Kier molecular flexibility index (Phi) is 5.26. The summed E-state index contributed by atoms with van der Waals surface area (Å²) in [5.74, 6) is 0. The maximum atomic E-state index is 11.7. The quantitative estimate of drug-likeness (QED) is 0.357. The molecule has 0 aliphatic carbocycles. The first-order valence-corrected chi connectivity index (χ1v) is 6.72. The summed E-state index contributed by atoms with van der Waals surface area (Å²) >= 11 is 0. The smallest absolute Gasteiger partial charge is 0.330 e. The molecule has 0 unspecified atom stereocenters. The van der Waals surface area contributed by atoms with Crippen molar-refractivity contribution in [3.05, 3.63) is 33.1 Å². The van der Waals surface area contributed by atoms with E-state index >= 15 is 0 Å². The van der Waals surface area contributed by atoms with Gasteiger partial charge in [-0.2, -0.15) is 0 Å². The van der Waals surface area contributed by atoms with Crippen molar-refractivity contribution < 1.29 is 19.8 Å². The van der Waals surface area contributed by atoms with Crippen molar-refractivity contribution in [3.63, 3.8) is 0 Å². The van der Waals surface area contributed by atoms with Crippen molar-refractivity contribution in [1.29, 1.82) is 0 Å². The van der Waals surface area contributed by atoms with E-state index in [1.54, 1.807) is 0 Å². The first kappa shape index (κ1) is 15.9. The fourth-order valence-corrected chi connectivity index (χ4v) is 2.13. The molecule has 0 saturated carbocycles. The fraction of sp³-hybridized carbons (Fsp3) is 0.667. The normalized spacial score (nSPS) is 28.9. The third-order valence-corrected chi connectivity index (χ3v) is 3.19. The number of nitrogens with one attached hydrogen (secondary N) is 2. The minimum Gasteiger partial charge on any atom is -0.394 e. The number of aromatic nitrogens is 2. The van der Waals surface area contributed by atoms with Gasteiger partial charge in [-0.3, -0.25) is 19.2 Å². The number of H-pyrrole nitrogens is 1. The molecule has 0 spiro atoms. The average Bonchev–Trinajstić information content (AvgIpc) is 2.76. The molecular formula is C12H19N3O6. The highest BCUT2D eigenvalue weighted by Crippen LogP contribution is 2.29. The fourth-order valence-electron chi connectivity index (χ4n) is 2.13. The summed E-state index contributed by atoms with van der Waals surface area (Å²) < 4.78 is 6.50. The van der Waals surface area contributed by atoms with Crippen LogP contribution < -0.4 is 16.7 Å². The van der Waals surface area contributed by atoms with Crippen LogP contribution in [0.3, 0.4) is 0 Å². The van der Waals surface area contributed by atoms with Crippen molar-refractivity contribution in [2.75, 3.05) is 13.2 Å². The van der Waals surface area contributed by atoms with Crippen LogP contribution in [0.15, 0.2) is 21.9 Å². The van der Waals surface area contributed by atoms with Crippen LogP contribution in [0.5, 0.6) is 0 Å². The molecule has 1 aliphatic rings. The van der Waals surface area contributed by atoms with E-state index in [1.807, 2.05) is 6.92 Å². The number of rotatable bonds is 6. The van der Waals surface area contributed by atoms with Gasteiger partial charge in [0.1, 0.15) is 18.3 Å². The van der Waals surface area contributed by atoms with Crippen molar-refractivity contribution in [3.8, 4) is 0 Å². The zero-order valence-corrected chi connectivity index (χ0v) is 11.6. The summed E-state index contributed by atoms with van der Waals surface area (Å²) in [6.07, 6.45) is -1.77. The second kappa shape index (κ2) is 6.96. The van der Waals surface area contributed by atoms with Gasteiger partial charge < -0.3 is 14.9 Å². The molecule has 0 aromatic carbocycles. The van der Waals surface area contributed by atoms with Crippen molar-refractivity contribution in [2.45, 2.75) is 37.9 Å². The summed E-state index contributed by atoms with van der Waals surface area (Å²) in [6.45, 7) is 2.15. The van der Waals surface area contributed by atoms with Gasteiger partial charge in [-0.15, -0.1) is 0 Å². The standard InChI is InChI=1S/C12H19N3O6/c1-2-4-13-21-10-7(6-16)20-11(9(10)18)15-5-3-8(17)14-12(15)19/h3,5,7,9-11,13,16,18H,2,4,6H2,1H3,(H,14,17,19)/t7-,9-,10-,11-/m1/s1. The van der Waals surface area contributed by atoms with Gasteiger partial charge >= 0.3 is 5.69 Å². The molecule has 1 aromatic rings. The maximum Gasteiger partial charge on any atom is 0.330 e. The second-order valence-corrected chi connectivity index (χ2v) is 4.73. The molecule has 1 fully saturated rings. The number of ether oxygens (including phenoxy) is 1. The molecule has 4 N–H and O–H groups in total. The van der Waals surface area contributed by atoms with Gasteiger partial charge in [0.25, 0.3) is 5.56 Å². The van der Waals surface area contributed by atoms with Crippen LogP contribution in [0, 0.1) is 0 Å². The van der Waals surface area contributed by atoms with Gasteiger partial charge in [-0.25, -0.2) is 10.3 Å². The lowest BCUT2D eigenvalue weighted by molar-refractivity contribution is -0.0980. The molecule has 0 bridgehead atoms. The zero-order valence-electron chi connectivity index (χ0n) is 11.6.